The predicted octanol–water partition coefficient (Wildman–Crippen LogP) is 3.94. The molecule has 5 rings (SSSR count). The van der Waals surface area contributed by atoms with E-state index < -0.39 is 11.4 Å². The number of aryl methyl sites for hydroxylation is 1. The van der Waals surface area contributed by atoms with E-state index >= 15 is 0 Å². The van der Waals surface area contributed by atoms with Crippen LogP contribution in [0.15, 0.2) is 42.6 Å². The lowest BCUT2D eigenvalue weighted by Crippen LogP contribution is -2.19. The Kier molecular flexibility index (Phi) is 4.18. The maximum atomic E-state index is 12.5. The molecule has 0 atom stereocenters. The molecule has 3 heterocycles. The van der Waals surface area contributed by atoms with Gasteiger partial charge >= 0.3 is 5.97 Å². The SMILES string of the molecule is Cc1n[nH]c(C(=O)Nc2cnc3[nH]c(-c4ccc(C5(C(=O)O)CC5)cc4)cc3c2)c1C. The zero-order chi connectivity index (χ0) is 21.8. The monoisotopic (exact) mass is 415 g/mol. The van der Waals surface area contributed by atoms with Crippen LogP contribution in [0.1, 0.15) is 40.2 Å². The third-order valence-electron chi connectivity index (χ3n) is 6.12. The number of hydrogen-bond donors (Lipinski definition) is 4. The molecule has 0 radical (unpaired) electrons. The summed E-state index contributed by atoms with van der Waals surface area (Å²) in [5.74, 6) is -1.02. The number of aromatic nitrogens is 4. The molecule has 1 amide bonds. The van der Waals surface area contributed by atoms with Crippen LogP contribution in [-0.2, 0) is 10.2 Å². The maximum absolute atomic E-state index is 12.5. The van der Waals surface area contributed by atoms with E-state index in [1.54, 1.807) is 6.20 Å². The van der Waals surface area contributed by atoms with Crippen LogP contribution in [0.5, 0.6) is 0 Å². The molecule has 0 bridgehead atoms. The van der Waals surface area contributed by atoms with Gasteiger partial charge in [0.15, 0.2) is 0 Å². The molecule has 4 N–H and O–H groups in total. The van der Waals surface area contributed by atoms with Crippen LogP contribution >= 0.6 is 0 Å². The molecular weight excluding hydrogens is 394 g/mol. The van der Waals surface area contributed by atoms with Gasteiger partial charge in [-0.25, -0.2) is 4.98 Å². The van der Waals surface area contributed by atoms with Gasteiger partial charge in [0.05, 0.1) is 23.0 Å². The number of amides is 1. The molecule has 1 fully saturated rings. The minimum Gasteiger partial charge on any atom is -0.481 e. The van der Waals surface area contributed by atoms with Gasteiger partial charge in [-0.05, 0) is 49.9 Å². The van der Waals surface area contributed by atoms with Crippen molar-refractivity contribution in [1.29, 1.82) is 0 Å². The average molecular weight is 415 g/mol. The Labute approximate surface area is 177 Å². The minimum absolute atomic E-state index is 0.266. The number of pyridine rings is 1. The summed E-state index contributed by atoms with van der Waals surface area (Å²) in [6.07, 6.45) is 2.97. The Morgan fingerprint density at radius 3 is 2.48 bits per heavy atom. The van der Waals surface area contributed by atoms with Crippen LogP contribution in [0.3, 0.4) is 0 Å². The highest BCUT2D eigenvalue weighted by Gasteiger charge is 2.51. The lowest BCUT2D eigenvalue weighted by Gasteiger charge is -2.10. The number of carbonyl (C=O) groups is 2. The summed E-state index contributed by atoms with van der Waals surface area (Å²) in [4.78, 5) is 31.7. The van der Waals surface area contributed by atoms with Crippen molar-refractivity contribution in [1.82, 2.24) is 20.2 Å². The molecule has 0 unspecified atom stereocenters. The summed E-state index contributed by atoms with van der Waals surface area (Å²) in [6, 6.07) is 11.4. The van der Waals surface area contributed by atoms with Gasteiger partial charge in [0.2, 0.25) is 0 Å². The Bertz CT molecular complexity index is 1330. The van der Waals surface area contributed by atoms with Crippen molar-refractivity contribution in [3.63, 3.8) is 0 Å². The van der Waals surface area contributed by atoms with E-state index in [2.05, 4.69) is 25.5 Å². The van der Waals surface area contributed by atoms with Gasteiger partial charge in [-0.1, -0.05) is 24.3 Å². The molecule has 0 spiro atoms. The van der Waals surface area contributed by atoms with E-state index in [0.29, 0.717) is 29.9 Å². The highest BCUT2D eigenvalue weighted by atomic mass is 16.4. The zero-order valence-corrected chi connectivity index (χ0v) is 17.1. The first kappa shape index (κ1) is 19.0. The lowest BCUT2D eigenvalue weighted by molar-refractivity contribution is -0.140. The van der Waals surface area contributed by atoms with Crippen LogP contribution in [-0.4, -0.2) is 37.1 Å². The van der Waals surface area contributed by atoms with Gasteiger partial charge in [0, 0.05) is 16.6 Å². The zero-order valence-electron chi connectivity index (χ0n) is 17.1. The summed E-state index contributed by atoms with van der Waals surface area (Å²) >= 11 is 0. The lowest BCUT2D eigenvalue weighted by atomic mass is 9.95. The van der Waals surface area contributed by atoms with Crippen molar-refractivity contribution in [2.45, 2.75) is 32.1 Å². The van der Waals surface area contributed by atoms with E-state index in [-0.39, 0.29) is 5.91 Å². The molecule has 0 saturated heterocycles. The van der Waals surface area contributed by atoms with Crippen molar-refractivity contribution in [2.75, 3.05) is 5.32 Å². The quantitative estimate of drug-likeness (QED) is 0.393. The first-order valence-corrected chi connectivity index (χ1v) is 10.0. The van der Waals surface area contributed by atoms with Crippen molar-refractivity contribution < 1.29 is 14.7 Å². The number of fused-ring (bicyclic) bond motifs is 1. The molecule has 0 aliphatic heterocycles. The molecule has 156 valence electrons. The second-order valence-electron chi connectivity index (χ2n) is 8.07. The fourth-order valence-electron chi connectivity index (χ4n) is 3.86. The molecule has 1 aliphatic rings. The Balaban J connectivity index is 1.39. The number of carbonyl (C=O) groups excluding carboxylic acids is 1. The number of hydrogen-bond acceptors (Lipinski definition) is 4. The molecule has 4 aromatic rings. The predicted molar refractivity (Wildman–Crippen MR) is 116 cm³/mol. The second kappa shape index (κ2) is 6.80. The van der Waals surface area contributed by atoms with Crippen LogP contribution in [0.4, 0.5) is 5.69 Å². The van der Waals surface area contributed by atoms with Crippen LogP contribution in [0, 0.1) is 13.8 Å². The molecule has 31 heavy (non-hydrogen) atoms. The second-order valence-corrected chi connectivity index (χ2v) is 8.07. The van der Waals surface area contributed by atoms with Crippen LogP contribution < -0.4 is 5.32 Å². The van der Waals surface area contributed by atoms with Crippen LogP contribution in [0.25, 0.3) is 22.3 Å². The van der Waals surface area contributed by atoms with E-state index in [0.717, 1.165) is 33.5 Å². The fraction of sp³-hybridized carbons (Fsp3) is 0.217. The Morgan fingerprint density at radius 1 is 1.13 bits per heavy atom. The largest absolute Gasteiger partial charge is 0.481 e. The number of carboxylic acids is 1. The number of aromatic amines is 2. The average Bonchev–Trinajstić information content (AvgIpc) is 3.37. The fourth-order valence-corrected chi connectivity index (χ4v) is 3.86. The highest BCUT2D eigenvalue weighted by Crippen LogP contribution is 2.48. The van der Waals surface area contributed by atoms with Gasteiger partial charge in [-0.15, -0.1) is 0 Å². The third-order valence-corrected chi connectivity index (χ3v) is 6.12. The molecule has 1 aromatic carbocycles. The van der Waals surface area contributed by atoms with Crippen molar-refractivity contribution >= 4 is 28.6 Å². The number of nitrogens with zero attached hydrogens (tertiary/aromatic N) is 2. The molecular formula is C23H21N5O3. The van der Waals surface area contributed by atoms with Crippen molar-refractivity contribution in [2.24, 2.45) is 0 Å². The number of nitrogens with one attached hydrogen (secondary N) is 3. The summed E-state index contributed by atoms with van der Waals surface area (Å²) in [5.41, 5.74) is 5.27. The van der Waals surface area contributed by atoms with Crippen LogP contribution in [0.2, 0.25) is 0 Å². The van der Waals surface area contributed by atoms with E-state index in [9.17, 15) is 14.7 Å². The number of anilines is 1. The molecule has 1 saturated carbocycles. The van der Waals surface area contributed by atoms with E-state index in [4.69, 9.17) is 0 Å². The van der Waals surface area contributed by atoms with Gasteiger partial charge < -0.3 is 15.4 Å². The normalized spacial score (nSPS) is 14.5. The standard InChI is InChI=1S/C23H21N5O3/c1-12-13(2)27-28-19(12)21(29)25-17-9-15-10-18(26-20(15)24-11-17)14-3-5-16(6-4-14)23(7-8-23)22(30)31/h3-6,9-11H,7-8H2,1-2H3,(H,24,26)(H,25,29)(H,27,28)(H,30,31). The number of H-pyrrole nitrogens is 2. The summed E-state index contributed by atoms with van der Waals surface area (Å²) in [7, 11) is 0. The highest BCUT2D eigenvalue weighted by molar-refractivity contribution is 6.04. The minimum atomic E-state index is -0.759. The summed E-state index contributed by atoms with van der Waals surface area (Å²) in [6.45, 7) is 3.69. The molecule has 1 aliphatic carbocycles. The number of benzene rings is 1. The van der Waals surface area contributed by atoms with Gasteiger partial charge in [-0.3, -0.25) is 14.7 Å². The molecule has 8 nitrogen and oxygen atoms in total. The number of aliphatic carboxylic acids is 1. The van der Waals surface area contributed by atoms with Gasteiger partial charge in [-0.2, -0.15) is 5.10 Å². The number of carboxylic acid groups (broad SMARTS) is 1. The first-order chi connectivity index (χ1) is 14.9. The topological polar surface area (TPSA) is 124 Å². The van der Waals surface area contributed by atoms with Crippen molar-refractivity contribution in [3.8, 4) is 11.3 Å². The Morgan fingerprint density at radius 2 is 1.87 bits per heavy atom. The number of rotatable bonds is 5. The third kappa shape index (κ3) is 3.16. The molecule has 3 aromatic heterocycles. The Hall–Kier alpha value is -3.94. The van der Waals surface area contributed by atoms with E-state index in [1.165, 1.54) is 0 Å². The van der Waals surface area contributed by atoms with Crippen molar-refractivity contribution in [3.05, 3.63) is 65.1 Å². The van der Waals surface area contributed by atoms with E-state index in [1.807, 2.05) is 50.2 Å². The summed E-state index contributed by atoms with van der Waals surface area (Å²) < 4.78 is 0. The summed E-state index contributed by atoms with van der Waals surface area (Å²) in [5, 5.41) is 20.0. The van der Waals surface area contributed by atoms with Gasteiger partial charge in [0.1, 0.15) is 11.3 Å². The first-order valence-electron chi connectivity index (χ1n) is 10.0. The molecule has 8 heteroatoms. The smallest absolute Gasteiger partial charge is 0.314 e. The van der Waals surface area contributed by atoms with Gasteiger partial charge in [0.25, 0.3) is 5.91 Å². The maximum Gasteiger partial charge on any atom is 0.314 e.